The minimum absolute atomic E-state index is 0. The minimum Gasteiger partial charge on any atom is -0.496 e. The minimum atomic E-state index is 0. The van der Waals surface area contributed by atoms with Crippen LogP contribution < -0.4 is 24.8 Å². The van der Waals surface area contributed by atoms with Crippen molar-refractivity contribution in [3.8, 4) is 17.2 Å². The molecule has 0 heterocycles. The van der Waals surface area contributed by atoms with Gasteiger partial charge in [-0.25, -0.2) is 4.99 Å². The van der Waals surface area contributed by atoms with E-state index < -0.39 is 0 Å². The van der Waals surface area contributed by atoms with Crippen LogP contribution in [0.15, 0.2) is 17.1 Å². The number of halogens is 1. The lowest BCUT2D eigenvalue weighted by Crippen LogP contribution is -2.43. The number of aliphatic imine (C=N–C) groups is 1. The molecule has 1 aromatic carbocycles. The average molecular weight is 535 g/mol. The lowest BCUT2D eigenvalue weighted by molar-refractivity contribution is 0.138. The van der Waals surface area contributed by atoms with Gasteiger partial charge in [-0.1, -0.05) is 12.8 Å². The number of methoxy groups -OCH3 is 4. The van der Waals surface area contributed by atoms with Gasteiger partial charge in [-0.3, -0.25) is 0 Å². The lowest BCUT2D eigenvalue weighted by atomic mass is 9.83. The molecule has 1 aromatic rings. The Balaban J connectivity index is 0.00000450. The summed E-state index contributed by atoms with van der Waals surface area (Å²) < 4.78 is 21.7. The number of guanidine groups is 1. The summed E-state index contributed by atoms with van der Waals surface area (Å²) in [5.74, 6) is 2.85. The highest BCUT2D eigenvalue weighted by molar-refractivity contribution is 14.0. The number of hydrogen-bond acceptors (Lipinski definition) is 5. The third-order valence-corrected chi connectivity index (χ3v) is 5.67. The van der Waals surface area contributed by atoms with Crippen LogP contribution in [0.3, 0.4) is 0 Å². The molecule has 1 saturated carbocycles. The smallest absolute Gasteiger partial charge is 0.191 e. The lowest BCUT2D eigenvalue weighted by Gasteiger charge is -2.30. The van der Waals surface area contributed by atoms with Crippen molar-refractivity contribution < 1.29 is 18.9 Å². The van der Waals surface area contributed by atoms with Crippen molar-refractivity contribution in [3.05, 3.63) is 17.7 Å². The van der Waals surface area contributed by atoms with Crippen molar-refractivity contribution in [2.24, 2.45) is 10.4 Å². The molecule has 0 spiro atoms. The van der Waals surface area contributed by atoms with Gasteiger partial charge in [-0.05, 0) is 37.7 Å². The van der Waals surface area contributed by atoms with Gasteiger partial charge in [0.2, 0.25) is 0 Å². The van der Waals surface area contributed by atoms with Gasteiger partial charge < -0.3 is 29.6 Å². The highest BCUT2D eigenvalue weighted by atomic mass is 127. The summed E-state index contributed by atoms with van der Waals surface area (Å²) in [7, 11) is 6.67. The van der Waals surface area contributed by atoms with Gasteiger partial charge >= 0.3 is 0 Å². The third kappa shape index (κ3) is 7.37. The monoisotopic (exact) mass is 535 g/mol. The van der Waals surface area contributed by atoms with Crippen molar-refractivity contribution in [3.63, 3.8) is 0 Å². The molecular formula is C22H38IN3O4. The van der Waals surface area contributed by atoms with Crippen LogP contribution in [0.4, 0.5) is 0 Å². The molecule has 0 unspecified atom stereocenters. The summed E-state index contributed by atoms with van der Waals surface area (Å²) in [5.41, 5.74) is 1.24. The Morgan fingerprint density at radius 1 is 0.967 bits per heavy atom. The molecule has 7 nitrogen and oxygen atoms in total. The Labute approximate surface area is 198 Å². The summed E-state index contributed by atoms with van der Waals surface area (Å²) in [6, 6.07) is 3.75. The average Bonchev–Trinajstić information content (AvgIpc) is 3.22. The molecule has 0 radical (unpaired) electrons. The van der Waals surface area contributed by atoms with E-state index in [1.807, 2.05) is 12.1 Å². The van der Waals surface area contributed by atoms with Crippen LogP contribution >= 0.6 is 24.0 Å². The van der Waals surface area contributed by atoms with E-state index in [0.717, 1.165) is 43.4 Å². The van der Waals surface area contributed by atoms with Crippen LogP contribution in [0.1, 0.15) is 44.6 Å². The molecule has 2 rings (SSSR count). The second kappa shape index (κ2) is 13.8. The van der Waals surface area contributed by atoms with E-state index in [-0.39, 0.29) is 24.0 Å². The largest absolute Gasteiger partial charge is 0.496 e. The molecule has 2 N–H and O–H groups in total. The molecule has 0 aliphatic heterocycles. The quantitative estimate of drug-likeness (QED) is 0.254. The van der Waals surface area contributed by atoms with E-state index in [1.54, 1.807) is 28.4 Å². The third-order valence-electron chi connectivity index (χ3n) is 5.67. The Kier molecular flexibility index (Phi) is 12.2. The molecule has 0 aromatic heterocycles. The second-order valence-corrected chi connectivity index (χ2v) is 7.52. The maximum atomic E-state index is 5.52. The van der Waals surface area contributed by atoms with E-state index in [1.165, 1.54) is 25.7 Å². The van der Waals surface area contributed by atoms with Crippen molar-refractivity contribution in [1.82, 2.24) is 10.6 Å². The predicted octanol–water partition coefficient (Wildman–Crippen LogP) is 3.98. The summed E-state index contributed by atoms with van der Waals surface area (Å²) in [6.45, 7) is 5.07. The maximum absolute atomic E-state index is 5.52. The van der Waals surface area contributed by atoms with Crippen LogP contribution in [-0.2, 0) is 11.3 Å². The zero-order valence-electron chi connectivity index (χ0n) is 19.0. The number of benzene rings is 1. The second-order valence-electron chi connectivity index (χ2n) is 7.52. The van der Waals surface area contributed by atoms with E-state index in [0.29, 0.717) is 23.5 Å². The van der Waals surface area contributed by atoms with Crippen molar-refractivity contribution in [1.29, 1.82) is 0 Å². The predicted molar refractivity (Wildman–Crippen MR) is 132 cm³/mol. The van der Waals surface area contributed by atoms with Gasteiger partial charge in [0.1, 0.15) is 5.75 Å². The van der Waals surface area contributed by atoms with Gasteiger partial charge in [0.15, 0.2) is 17.5 Å². The van der Waals surface area contributed by atoms with Gasteiger partial charge in [0.05, 0.1) is 27.9 Å². The Hall–Kier alpha value is -1.42. The van der Waals surface area contributed by atoms with Gasteiger partial charge in [-0.2, -0.15) is 0 Å². The first-order valence-electron chi connectivity index (χ1n) is 10.4. The summed E-state index contributed by atoms with van der Waals surface area (Å²) in [5, 5.41) is 6.91. The number of nitrogens with one attached hydrogen (secondary N) is 2. The van der Waals surface area contributed by atoms with Gasteiger partial charge in [0.25, 0.3) is 0 Å². The fourth-order valence-electron chi connectivity index (χ4n) is 3.95. The molecule has 8 heteroatoms. The first-order chi connectivity index (χ1) is 14.1. The van der Waals surface area contributed by atoms with Crippen LogP contribution in [0, 0.1) is 5.41 Å². The molecule has 1 fully saturated rings. The molecule has 172 valence electrons. The Morgan fingerprint density at radius 3 is 2.17 bits per heavy atom. The SMILES string of the molecule is CCNC(=NCc1cc(OC)c(OC)cc1OC)NCC1(CCOC)CCCC1.I. The molecule has 0 bridgehead atoms. The van der Waals surface area contributed by atoms with E-state index in [4.69, 9.17) is 23.9 Å². The van der Waals surface area contributed by atoms with Crippen molar-refractivity contribution >= 4 is 29.9 Å². The van der Waals surface area contributed by atoms with Crippen LogP contribution in [0.2, 0.25) is 0 Å². The van der Waals surface area contributed by atoms with Crippen LogP contribution in [0.25, 0.3) is 0 Å². The summed E-state index contributed by atoms with van der Waals surface area (Å²) in [6.07, 6.45) is 6.15. The zero-order valence-corrected chi connectivity index (χ0v) is 21.3. The number of nitrogens with zero attached hydrogens (tertiary/aromatic N) is 1. The fraction of sp³-hybridized carbons (Fsp3) is 0.682. The molecule has 0 atom stereocenters. The first kappa shape index (κ1) is 26.6. The molecule has 0 amide bonds. The van der Waals surface area contributed by atoms with E-state index in [9.17, 15) is 0 Å². The molecule has 1 aliphatic rings. The number of ether oxygens (including phenoxy) is 4. The van der Waals surface area contributed by atoms with Gasteiger partial charge in [0, 0.05) is 38.4 Å². The molecule has 30 heavy (non-hydrogen) atoms. The zero-order chi connectivity index (χ0) is 21.1. The summed E-state index contributed by atoms with van der Waals surface area (Å²) >= 11 is 0. The normalized spacial score (nSPS) is 15.3. The van der Waals surface area contributed by atoms with E-state index in [2.05, 4.69) is 17.6 Å². The Bertz CT molecular complexity index is 664. The van der Waals surface area contributed by atoms with Crippen molar-refractivity contribution in [2.75, 3.05) is 48.1 Å². The fourth-order valence-corrected chi connectivity index (χ4v) is 3.95. The van der Waals surface area contributed by atoms with Crippen molar-refractivity contribution in [2.45, 2.75) is 45.6 Å². The highest BCUT2D eigenvalue weighted by Crippen LogP contribution is 2.40. The van der Waals surface area contributed by atoms with Gasteiger partial charge in [-0.15, -0.1) is 24.0 Å². The number of hydrogen-bond donors (Lipinski definition) is 2. The van der Waals surface area contributed by atoms with Crippen LogP contribution in [0.5, 0.6) is 17.2 Å². The molecular weight excluding hydrogens is 497 g/mol. The summed E-state index contributed by atoms with van der Waals surface area (Å²) in [4.78, 5) is 4.78. The maximum Gasteiger partial charge on any atom is 0.191 e. The topological polar surface area (TPSA) is 73.3 Å². The first-order valence-corrected chi connectivity index (χ1v) is 10.4. The van der Waals surface area contributed by atoms with E-state index >= 15 is 0 Å². The Morgan fingerprint density at radius 2 is 1.60 bits per heavy atom. The standard InChI is InChI=1S/C22H37N3O4.HI/c1-6-23-21(25-16-22(11-12-26-2)9-7-8-10-22)24-15-17-13-19(28-4)20(29-5)14-18(17)27-3;/h13-14H,6-12,15-16H2,1-5H3,(H2,23,24,25);1H. The molecule has 0 saturated heterocycles. The van der Waals surface area contributed by atoms with Crippen LogP contribution in [-0.4, -0.2) is 54.1 Å². The highest BCUT2D eigenvalue weighted by Gasteiger charge is 2.33. The number of rotatable bonds is 11. The molecule has 1 aliphatic carbocycles.